The summed E-state index contributed by atoms with van der Waals surface area (Å²) in [5, 5.41) is 5.09. The van der Waals surface area contributed by atoms with Crippen LogP contribution in [0.4, 0.5) is 5.95 Å². The quantitative estimate of drug-likeness (QED) is 0.829. The monoisotopic (exact) mass is 251 g/mol. The SMILES string of the molecule is CCNc1ncc(C)c(SC2CCCCC2)n1. The molecule has 4 heteroatoms. The number of nitrogens with one attached hydrogen (secondary N) is 1. The van der Waals surface area contributed by atoms with Gasteiger partial charge in [0.1, 0.15) is 5.03 Å². The third-order valence-electron chi connectivity index (χ3n) is 3.09. The second kappa shape index (κ2) is 6.24. The van der Waals surface area contributed by atoms with Crippen molar-refractivity contribution in [1.29, 1.82) is 0 Å². The lowest BCUT2D eigenvalue weighted by molar-refractivity contribution is 0.515. The van der Waals surface area contributed by atoms with Gasteiger partial charge in [0.25, 0.3) is 0 Å². The maximum Gasteiger partial charge on any atom is 0.223 e. The number of hydrogen-bond donors (Lipinski definition) is 1. The number of anilines is 1. The normalized spacial score (nSPS) is 17.1. The lowest BCUT2D eigenvalue weighted by atomic mass is 10.0. The van der Waals surface area contributed by atoms with E-state index in [1.165, 1.54) is 37.7 Å². The molecule has 1 fully saturated rings. The molecule has 1 saturated carbocycles. The Bertz CT molecular complexity index is 362. The second-order valence-electron chi connectivity index (χ2n) is 4.59. The van der Waals surface area contributed by atoms with E-state index in [4.69, 9.17) is 0 Å². The third-order valence-corrected chi connectivity index (χ3v) is 4.53. The number of rotatable bonds is 4. The molecule has 1 aromatic rings. The Morgan fingerprint density at radius 2 is 2.12 bits per heavy atom. The molecule has 94 valence electrons. The number of aromatic nitrogens is 2. The smallest absolute Gasteiger partial charge is 0.223 e. The Morgan fingerprint density at radius 1 is 1.35 bits per heavy atom. The maximum atomic E-state index is 4.60. The van der Waals surface area contributed by atoms with E-state index in [1.54, 1.807) is 0 Å². The van der Waals surface area contributed by atoms with Crippen LogP contribution >= 0.6 is 11.8 Å². The van der Waals surface area contributed by atoms with E-state index in [0.29, 0.717) is 0 Å². The first-order valence-electron chi connectivity index (χ1n) is 6.53. The van der Waals surface area contributed by atoms with Crippen LogP contribution in [-0.2, 0) is 0 Å². The van der Waals surface area contributed by atoms with E-state index in [9.17, 15) is 0 Å². The molecule has 0 amide bonds. The molecular formula is C13H21N3S. The summed E-state index contributed by atoms with van der Waals surface area (Å²) in [5.74, 6) is 0.761. The minimum Gasteiger partial charge on any atom is -0.354 e. The van der Waals surface area contributed by atoms with Crippen LogP contribution in [0.25, 0.3) is 0 Å². The van der Waals surface area contributed by atoms with Crippen LogP contribution in [0.5, 0.6) is 0 Å². The van der Waals surface area contributed by atoms with Crippen molar-refractivity contribution >= 4 is 17.7 Å². The molecule has 0 spiro atoms. The third kappa shape index (κ3) is 3.60. The van der Waals surface area contributed by atoms with Crippen LogP contribution < -0.4 is 5.32 Å². The number of hydrogen-bond acceptors (Lipinski definition) is 4. The average Bonchev–Trinajstić information content (AvgIpc) is 2.35. The van der Waals surface area contributed by atoms with Gasteiger partial charge in [0.15, 0.2) is 0 Å². The number of nitrogens with zero attached hydrogens (tertiary/aromatic N) is 2. The lowest BCUT2D eigenvalue weighted by Gasteiger charge is -2.21. The maximum absolute atomic E-state index is 4.60. The first-order valence-corrected chi connectivity index (χ1v) is 7.41. The molecule has 0 aliphatic heterocycles. The van der Waals surface area contributed by atoms with Crippen molar-refractivity contribution < 1.29 is 0 Å². The van der Waals surface area contributed by atoms with Crippen molar-refractivity contribution in [2.45, 2.75) is 56.2 Å². The van der Waals surface area contributed by atoms with Gasteiger partial charge in [-0.3, -0.25) is 0 Å². The van der Waals surface area contributed by atoms with Crippen LogP contribution in [0.1, 0.15) is 44.6 Å². The Kier molecular flexibility index (Phi) is 4.66. The Hall–Kier alpha value is -0.770. The van der Waals surface area contributed by atoms with Gasteiger partial charge < -0.3 is 5.32 Å². The molecule has 0 atom stereocenters. The molecule has 0 radical (unpaired) electrons. The predicted octanol–water partition coefficient (Wildman–Crippen LogP) is 3.64. The van der Waals surface area contributed by atoms with Gasteiger partial charge in [0.05, 0.1) is 0 Å². The summed E-state index contributed by atoms with van der Waals surface area (Å²) in [6.45, 7) is 5.04. The van der Waals surface area contributed by atoms with E-state index >= 15 is 0 Å². The van der Waals surface area contributed by atoms with E-state index < -0.39 is 0 Å². The Morgan fingerprint density at radius 3 is 2.82 bits per heavy atom. The molecule has 1 aliphatic rings. The number of thioether (sulfide) groups is 1. The highest BCUT2D eigenvalue weighted by Gasteiger charge is 2.16. The summed E-state index contributed by atoms with van der Waals surface area (Å²) in [7, 11) is 0. The minimum atomic E-state index is 0.756. The van der Waals surface area contributed by atoms with Gasteiger partial charge in [-0.25, -0.2) is 9.97 Å². The summed E-state index contributed by atoms with van der Waals surface area (Å²) in [5.41, 5.74) is 1.20. The van der Waals surface area contributed by atoms with Crippen molar-refractivity contribution in [2.75, 3.05) is 11.9 Å². The summed E-state index contributed by atoms with van der Waals surface area (Å²) < 4.78 is 0. The molecule has 2 rings (SSSR count). The topological polar surface area (TPSA) is 37.8 Å². The van der Waals surface area contributed by atoms with Crippen LogP contribution in [0.3, 0.4) is 0 Å². The van der Waals surface area contributed by atoms with Crippen LogP contribution in [0, 0.1) is 6.92 Å². The Balaban J connectivity index is 2.04. The highest BCUT2D eigenvalue weighted by molar-refractivity contribution is 7.99. The zero-order valence-electron chi connectivity index (χ0n) is 10.7. The predicted molar refractivity (Wildman–Crippen MR) is 73.7 cm³/mol. The molecule has 1 aromatic heterocycles. The van der Waals surface area contributed by atoms with Crippen LogP contribution in [0.2, 0.25) is 0 Å². The second-order valence-corrected chi connectivity index (χ2v) is 5.88. The van der Waals surface area contributed by atoms with Crippen molar-refractivity contribution in [3.63, 3.8) is 0 Å². The fourth-order valence-electron chi connectivity index (χ4n) is 2.13. The molecule has 3 nitrogen and oxygen atoms in total. The fourth-order valence-corrected chi connectivity index (χ4v) is 3.39. The first-order chi connectivity index (χ1) is 8.29. The highest BCUT2D eigenvalue weighted by Crippen LogP contribution is 2.34. The molecule has 1 N–H and O–H groups in total. The highest BCUT2D eigenvalue weighted by atomic mass is 32.2. The molecular weight excluding hydrogens is 230 g/mol. The van der Waals surface area contributed by atoms with E-state index in [2.05, 4.69) is 29.1 Å². The standard InChI is InChI=1S/C13H21N3S/c1-3-14-13-15-9-10(2)12(16-13)17-11-7-5-4-6-8-11/h9,11H,3-8H2,1-2H3,(H,14,15,16). The van der Waals surface area contributed by atoms with Crippen molar-refractivity contribution in [1.82, 2.24) is 9.97 Å². The van der Waals surface area contributed by atoms with Crippen LogP contribution in [-0.4, -0.2) is 21.8 Å². The summed E-state index contributed by atoms with van der Waals surface area (Å²) >= 11 is 1.94. The van der Waals surface area contributed by atoms with Crippen LogP contribution in [0.15, 0.2) is 11.2 Å². The van der Waals surface area contributed by atoms with E-state index in [0.717, 1.165) is 22.8 Å². The summed E-state index contributed by atoms with van der Waals surface area (Å²) in [6, 6.07) is 0. The lowest BCUT2D eigenvalue weighted by Crippen LogP contribution is -2.09. The van der Waals surface area contributed by atoms with Gasteiger partial charge in [-0.1, -0.05) is 19.3 Å². The minimum absolute atomic E-state index is 0.756. The van der Waals surface area contributed by atoms with Gasteiger partial charge in [-0.2, -0.15) is 0 Å². The molecule has 0 bridgehead atoms. The van der Waals surface area contributed by atoms with Crippen molar-refractivity contribution in [3.8, 4) is 0 Å². The van der Waals surface area contributed by atoms with Crippen molar-refractivity contribution in [3.05, 3.63) is 11.8 Å². The summed E-state index contributed by atoms with van der Waals surface area (Å²) in [6.07, 6.45) is 8.76. The van der Waals surface area contributed by atoms with Gasteiger partial charge in [0.2, 0.25) is 5.95 Å². The number of aryl methyl sites for hydroxylation is 1. The molecule has 17 heavy (non-hydrogen) atoms. The zero-order chi connectivity index (χ0) is 12.1. The molecule has 1 aliphatic carbocycles. The largest absolute Gasteiger partial charge is 0.354 e. The van der Waals surface area contributed by atoms with Gasteiger partial charge in [0, 0.05) is 18.0 Å². The van der Waals surface area contributed by atoms with Crippen molar-refractivity contribution in [2.24, 2.45) is 0 Å². The van der Waals surface area contributed by atoms with Gasteiger partial charge in [-0.05, 0) is 32.3 Å². The van der Waals surface area contributed by atoms with Gasteiger partial charge >= 0.3 is 0 Å². The summed E-state index contributed by atoms with van der Waals surface area (Å²) in [4.78, 5) is 8.88. The molecule has 1 heterocycles. The molecule has 0 aromatic carbocycles. The molecule has 0 saturated heterocycles. The molecule has 0 unspecified atom stereocenters. The Labute approximate surface area is 108 Å². The zero-order valence-corrected chi connectivity index (χ0v) is 11.5. The van der Waals surface area contributed by atoms with E-state index in [-0.39, 0.29) is 0 Å². The first kappa shape index (κ1) is 12.7. The fraction of sp³-hybridized carbons (Fsp3) is 0.692. The van der Waals surface area contributed by atoms with Gasteiger partial charge in [-0.15, -0.1) is 11.8 Å². The van der Waals surface area contributed by atoms with E-state index in [1.807, 2.05) is 18.0 Å². The average molecular weight is 251 g/mol.